The van der Waals surface area contributed by atoms with E-state index in [1.807, 2.05) is 0 Å². The first-order valence-electron chi connectivity index (χ1n) is 7.62. The van der Waals surface area contributed by atoms with E-state index in [0.717, 1.165) is 32.1 Å². The molecular weight excluding hydrogens is 224 g/mol. The Hall–Kier alpha value is -0.530. The number of esters is 1. The van der Waals surface area contributed by atoms with Gasteiger partial charge in [-0.1, -0.05) is 47.5 Å². The molecule has 1 aliphatic carbocycles. The zero-order valence-electron chi connectivity index (χ0n) is 12.8. The van der Waals surface area contributed by atoms with Crippen LogP contribution in [0.2, 0.25) is 0 Å². The van der Waals surface area contributed by atoms with Crippen molar-refractivity contribution in [3.8, 4) is 0 Å². The molecule has 1 saturated carbocycles. The van der Waals surface area contributed by atoms with Gasteiger partial charge in [-0.2, -0.15) is 0 Å². The first-order valence-corrected chi connectivity index (χ1v) is 7.62. The maximum absolute atomic E-state index is 12.4. The van der Waals surface area contributed by atoms with E-state index < -0.39 is 0 Å². The number of hydrogen-bond donors (Lipinski definition) is 0. The zero-order chi connectivity index (χ0) is 13.8. The van der Waals surface area contributed by atoms with Gasteiger partial charge in [0.05, 0.1) is 5.92 Å². The third-order valence-electron chi connectivity index (χ3n) is 4.49. The highest BCUT2D eigenvalue weighted by Gasteiger charge is 2.43. The number of ether oxygens (including phenoxy) is 1. The summed E-state index contributed by atoms with van der Waals surface area (Å²) in [6.45, 7) is 10.9. The van der Waals surface area contributed by atoms with Gasteiger partial charge in [-0.25, -0.2) is 0 Å². The molecule has 0 aromatic carbocycles. The van der Waals surface area contributed by atoms with Crippen molar-refractivity contribution in [2.24, 2.45) is 17.3 Å². The predicted molar refractivity (Wildman–Crippen MR) is 75.4 cm³/mol. The van der Waals surface area contributed by atoms with Gasteiger partial charge in [0.2, 0.25) is 0 Å². The molecule has 18 heavy (non-hydrogen) atoms. The van der Waals surface area contributed by atoms with Crippen LogP contribution in [0.4, 0.5) is 0 Å². The topological polar surface area (TPSA) is 26.3 Å². The van der Waals surface area contributed by atoms with Gasteiger partial charge in [0.1, 0.15) is 6.10 Å². The van der Waals surface area contributed by atoms with E-state index >= 15 is 0 Å². The minimum absolute atomic E-state index is 0.0486. The molecule has 2 nitrogen and oxygen atoms in total. The Kier molecular flexibility index (Phi) is 5.68. The molecule has 0 amide bonds. The van der Waals surface area contributed by atoms with Crippen LogP contribution in [0.3, 0.4) is 0 Å². The normalized spacial score (nSPS) is 28.7. The third kappa shape index (κ3) is 3.73. The first kappa shape index (κ1) is 15.5. The Morgan fingerprint density at radius 2 is 2.06 bits per heavy atom. The van der Waals surface area contributed by atoms with Crippen LogP contribution < -0.4 is 0 Å². The lowest BCUT2D eigenvalue weighted by molar-refractivity contribution is -0.163. The minimum Gasteiger partial charge on any atom is -0.462 e. The van der Waals surface area contributed by atoms with Crippen molar-refractivity contribution in [1.29, 1.82) is 0 Å². The number of carbonyl (C=O) groups is 1. The highest BCUT2D eigenvalue weighted by atomic mass is 16.5. The van der Waals surface area contributed by atoms with Gasteiger partial charge in [0.25, 0.3) is 0 Å². The third-order valence-corrected chi connectivity index (χ3v) is 4.49. The summed E-state index contributed by atoms with van der Waals surface area (Å²) in [7, 11) is 0. The molecule has 0 bridgehead atoms. The molecule has 0 spiro atoms. The van der Waals surface area contributed by atoms with Crippen LogP contribution in [0.15, 0.2) is 0 Å². The van der Waals surface area contributed by atoms with Crippen LogP contribution in [0, 0.1) is 17.3 Å². The van der Waals surface area contributed by atoms with Crippen molar-refractivity contribution < 1.29 is 9.53 Å². The van der Waals surface area contributed by atoms with Crippen LogP contribution in [0.5, 0.6) is 0 Å². The molecule has 1 rings (SSSR count). The Morgan fingerprint density at radius 1 is 1.39 bits per heavy atom. The number of hydrogen-bond acceptors (Lipinski definition) is 2. The molecule has 0 aliphatic heterocycles. The molecule has 3 atom stereocenters. The minimum atomic E-state index is 0.0486. The molecule has 1 aliphatic rings. The Bertz CT molecular complexity index is 270. The fraction of sp³-hybridized carbons (Fsp3) is 0.938. The molecule has 0 aromatic heterocycles. The lowest BCUT2D eigenvalue weighted by Crippen LogP contribution is -2.41. The van der Waals surface area contributed by atoms with E-state index in [-0.39, 0.29) is 23.4 Å². The molecular formula is C16H30O2. The second-order valence-electron chi connectivity index (χ2n) is 6.59. The quantitative estimate of drug-likeness (QED) is 0.672. The van der Waals surface area contributed by atoms with E-state index in [2.05, 4.69) is 34.6 Å². The molecule has 0 saturated heterocycles. The molecule has 0 N–H and O–H groups in total. The molecule has 3 unspecified atom stereocenters. The van der Waals surface area contributed by atoms with Crippen molar-refractivity contribution in [2.75, 3.05) is 0 Å². The van der Waals surface area contributed by atoms with E-state index in [9.17, 15) is 4.79 Å². The van der Waals surface area contributed by atoms with Crippen LogP contribution in [0.25, 0.3) is 0 Å². The van der Waals surface area contributed by atoms with Crippen LogP contribution in [-0.4, -0.2) is 12.1 Å². The fourth-order valence-corrected chi connectivity index (χ4v) is 3.43. The number of rotatable bonds is 5. The van der Waals surface area contributed by atoms with Crippen molar-refractivity contribution >= 4 is 5.97 Å². The van der Waals surface area contributed by atoms with E-state index in [1.165, 1.54) is 6.42 Å². The van der Waals surface area contributed by atoms with E-state index in [4.69, 9.17) is 4.74 Å². The fourth-order valence-electron chi connectivity index (χ4n) is 3.43. The molecule has 0 aromatic rings. The van der Waals surface area contributed by atoms with Gasteiger partial charge < -0.3 is 4.74 Å². The summed E-state index contributed by atoms with van der Waals surface area (Å²) in [6.07, 6.45) is 6.66. The lowest BCUT2D eigenvalue weighted by atomic mass is 9.64. The molecule has 2 heteroatoms. The van der Waals surface area contributed by atoms with Gasteiger partial charge in [-0.3, -0.25) is 4.79 Å². The zero-order valence-corrected chi connectivity index (χ0v) is 12.8. The second kappa shape index (κ2) is 6.58. The van der Waals surface area contributed by atoms with Crippen molar-refractivity contribution in [3.05, 3.63) is 0 Å². The predicted octanol–water partition coefficient (Wildman–Crippen LogP) is 4.57. The van der Waals surface area contributed by atoms with Gasteiger partial charge in [-0.15, -0.1) is 0 Å². The standard InChI is InChI=1S/C16H30O2/c1-6-9-13(7-2)18-15(17)14-12(3)10-8-11-16(14,4)5/h12-14H,6-11H2,1-5H3. The van der Waals surface area contributed by atoms with Gasteiger partial charge >= 0.3 is 5.97 Å². The molecule has 106 valence electrons. The highest BCUT2D eigenvalue weighted by molar-refractivity contribution is 5.74. The highest BCUT2D eigenvalue weighted by Crippen LogP contribution is 2.44. The second-order valence-corrected chi connectivity index (χ2v) is 6.59. The summed E-state index contributed by atoms with van der Waals surface area (Å²) in [5.74, 6) is 0.588. The average Bonchev–Trinajstić information content (AvgIpc) is 2.26. The summed E-state index contributed by atoms with van der Waals surface area (Å²) in [5.41, 5.74) is 0.0965. The molecule has 0 radical (unpaired) electrons. The Morgan fingerprint density at radius 3 is 2.56 bits per heavy atom. The Balaban J connectivity index is 2.68. The summed E-state index contributed by atoms with van der Waals surface area (Å²) < 4.78 is 5.75. The van der Waals surface area contributed by atoms with Gasteiger partial charge in [0.15, 0.2) is 0 Å². The molecule has 0 heterocycles. The van der Waals surface area contributed by atoms with Crippen molar-refractivity contribution in [1.82, 2.24) is 0 Å². The van der Waals surface area contributed by atoms with E-state index in [0.29, 0.717) is 5.92 Å². The molecule has 1 fully saturated rings. The van der Waals surface area contributed by atoms with Crippen molar-refractivity contribution in [2.45, 2.75) is 79.2 Å². The van der Waals surface area contributed by atoms with E-state index in [1.54, 1.807) is 0 Å². The van der Waals surface area contributed by atoms with Crippen LogP contribution >= 0.6 is 0 Å². The maximum atomic E-state index is 12.4. The summed E-state index contributed by atoms with van der Waals surface area (Å²) in [5, 5.41) is 0. The largest absolute Gasteiger partial charge is 0.462 e. The van der Waals surface area contributed by atoms with Gasteiger partial charge in [-0.05, 0) is 37.0 Å². The first-order chi connectivity index (χ1) is 8.42. The summed E-state index contributed by atoms with van der Waals surface area (Å²) in [6, 6.07) is 0. The smallest absolute Gasteiger partial charge is 0.310 e. The maximum Gasteiger partial charge on any atom is 0.310 e. The summed E-state index contributed by atoms with van der Waals surface area (Å²) in [4.78, 5) is 12.4. The Labute approximate surface area is 112 Å². The monoisotopic (exact) mass is 254 g/mol. The SMILES string of the molecule is CCCC(CC)OC(=O)C1C(C)CCCC1(C)C. The summed E-state index contributed by atoms with van der Waals surface area (Å²) >= 11 is 0. The van der Waals surface area contributed by atoms with Crippen molar-refractivity contribution in [3.63, 3.8) is 0 Å². The van der Waals surface area contributed by atoms with Gasteiger partial charge in [0, 0.05) is 0 Å². The lowest BCUT2D eigenvalue weighted by Gasteiger charge is -2.41. The van der Waals surface area contributed by atoms with Crippen LogP contribution in [-0.2, 0) is 9.53 Å². The number of carbonyl (C=O) groups excluding carboxylic acids is 1. The average molecular weight is 254 g/mol. The van der Waals surface area contributed by atoms with Crippen LogP contribution in [0.1, 0.15) is 73.1 Å².